The van der Waals surface area contributed by atoms with E-state index in [0.717, 1.165) is 6.07 Å². The summed E-state index contributed by atoms with van der Waals surface area (Å²) in [7, 11) is -3.67. The molecule has 18 heavy (non-hydrogen) atoms. The summed E-state index contributed by atoms with van der Waals surface area (Å²) in [5.41, 5.74) is 0.0746. The van der Waals surface area contributed by atoms with Gasteiger partial charge < -0.3 is 0 Å². The van der Waals surface area contributed by atoms with Crippen molar-refractivity contribution < 1.29 is 13.3 Å². The molecule has 1 aromatic heterocycles. The van der Waals surface area contributed by atoms with Crippen LogP contribution in [0.2, 0.25) is 0 Å². The Morgan fingerprint density at radius 2 is 2.17 bits per heavy atom. The van der Waals surface area contributed by atoms with Crippen LogP contribution in [0.5, 0.6) is 0 Å². The molecule has 0 radical (unpaired) electrons. The van der Waals surface area contributed by atoms with Gasteiger partial charge in [-0.3, -0.25) is 10.1 Å². The summed E-state index contributed by atoms with van der Waals surface area (Å²) in [6.07, 6.45) is 1.46. The third-order valence-electron chi connectivity index (χ3n) is 2.58. The zero-order valence-electron chi connectivity index (χ0n) is 9.96. The standard InChI is InChI=1S/C10H13ClN2O4S/c1-7-6-12-10(5-9(7)13(14)15)18(16,17)8(2)3-4-11/h5-6,8H,3-4H2,1-2H3. The van der Waals surface area contributed by atoms with E-state index in [-0.39, 0.29) is 23.0 Å². The number of alkyl halides is 1. The van der Waals surface area contributed by atoms with Crippen LogP contribution < -0.4 is 0 Å². The second-order valence-corrected chi connectivity index (χ2v) is 6.59. The Morgan fingerprint density at radius 3 is 2.67 bits per heavy atom. The third kappa shape index (κ3) is 2.97. The number of aromatic nitrogens is 1. The van der Waals surface area contributed by atoms with Gasteiger partial charge in [-0.25, -0.2) is 13.4 Å². The molecule has 0 aliphatic carbocycles. The Balaban J connectivity index is 3.26. The van der Waals surface area contributed by atoms with Crippen LogP contribution in [0.3, 0.4) is 0 Å². The van der Waals surface area contributed by atoms with Crippen molar-refractivity contribution in [2.75, 3.05) is 5.88 Å². The number of hydrogen-bond donors (Lipinski definition) is 0. The van der Waals surface area contributed by atoms with E-state index in [9.17, 15) is 18.5 Å². The first-order chi connectivity index (χ1) is 8.30. The fourth-order valence-corrected chi connectivity index (χ4v) is 3.13. The molecule has 0 aliphatic rings. The van der Waals surface area contributed by atoms with Crippen molar-refractivity contribution in [3.63, 3.8) is 0 Å². The first-order valence-corrected chi connectivity index (χ1v) is 7.29. The summed E-state index contributed by atoms with van der Waals surface area (Å²) in [4.78, 5) is 13.9. The Hall–Kier alpha value is -1.21. The number of rotatable bonds is 5. The van der Waals surface area contributed by atoms with E-state index in [1.807, 2.05) is 0 Å². The van der Waals surface area contributed by atoms with E-state index in [2.05, 4.69) is 4.98 Å². The maximum atomic E-state index is 12.1. The van der Waals surface area contributed by atoms with Gasteiger partial charge in [0.05, 0.1) is 16.2 Å². The summed E-state index contributed by atoms with van der Waals surface area (Å²) in [6.45, 7) is 3.01. The number of nitro groups is 1. The van der Waals surface area contributed by atoms with Crippen LogP contribution in [0.1, 0.15) is 18.9 Å². The first kappa shape index (κ1) is 14.8. The number of sulfone groups is 1. The number of nitrogens with zero attached hydrogens (tertiary/aromatic N) is 2. The van der Waals surface area contributed by atoms with Crippen LogP contribution in [-0.4, -0.2) is 29.5 Å². The highest BCUT2D eigenvalue weighted by molar-refractivity contribution is 7.92. The zero-order chi connectivity index (χ0) is 13.9. The molecule has 0 amide bonds. The van der Waals surface area contributed by atoms with Gasteiger partial charge in [0, 0.05) is 17.6 Å². The largest absolute Gasteiger partial charge is 0.276 e. The minimum atomic E-state index is -3.67. The van der Waals surface area contributed by atoms with Gasteiger partial charge in [0.15, 0.2) is 14.9 Å². The van der Waals surface area contributed by atoms with Gasteiger partial charge >= 0.3 is 0 Å². The first-order valence-electron chi connectivity index (χ1n) is 5.21. The van der Waals surface area contributed by atoms with Gasteiger partial charge in [0.2, 0.25) is 0 Å². The molecule has 8 heteroatoms. The summed E-state index contributed by atoms with van der Waals surface area (Å²) in [5.74, 6) is 0.203. The Kier molecular flexibility index (Phi) is 4.64. The van der Waals surface area contributed by atoms with E-state index < -0.39 is 20.0 Å². The van der Waals surface area contributed by atoms with Gasteiger partial charge in [-0.05, 0) is 20.3 Å². The molecule has 1 atom stereocenters. The number of aryl methyl sites for hydroxylation is 1. The molecule has 1 heterocycles. The molecule has 100 valence electrons. The number of pyridine rings is 1. The summed E-state index contributed by atoms with van der Waals surface area (Å²) >= 11 is 5.50. The SMILES string of the molecule is Cc1cnc(S(=O)(=O)C(C)CCCl)cc1[N+](=O)[O-]. The predicted molar refractivity (Wildman–Crippen MR) is 67.6 cm³/mol. The lowest BCUT2D eigenvalue weighted by Crippen LogP contribution is -2.20. The highest BCUT2D eigenvalue weighted by atomic mass is 35.5. The monoisotopic (exact) mass is 292 g/mol. The molecule has 0 fully saturated rings. The third-order valence-corrected chi connectivity index (χ3v) is 4.90. The van der Waals surface area contributed by atoms with Crippen LogP contribution in [0, 0.1) is 17.0 Å². The van der Waals surface area contributed by atoms with Crippen molar-refractivity contribution in [3.8, 4) is 0 Å². The average Bonchev–Trinajstić information content (AvgIpc) is 2.29. The fraction of sp³-hybridized carbons (Fsp3) is 0.500. The highest BCUT2D eigenvalue weighted by Gasteiger charge is 2.26. The van der Waals surface area contributed by atoms with Crippen LogP contribution in [0.25, 0.3) is 0 Å². The van der Waals surface area contributed by atoms with Crippen molar-refractivity contribution in [3.05, 3.63) is 27.9 Å². The molecular formula is C10H13ClN2O4S. The smallest absolute Gasteiger partial charge is 0.258 e. The molecule has 0 spiro atoms. The van der Waals surface area contributed by atoms with Gasteiger partial charge in [0.1, 0.15) is 0 Å². The molecule has 0 aromatic carbocycles. The van der Waals surface area contributed by atoms with Crippen molar-refractivity contribution in [2.24, 2.45) is 0 Å². The maximum Gasteiger partial charge on any atom is 0.276 e. The lowest BCUT2D eigenvalue weighted by molar-refractivity contribution is -0.385. The van der Waals surface area contributed by atoms with E-state index in [0.29, 0.717) is 5.56 Å². The summed E-state index contributed by atoms with van der Waals surface area (Å²) in [5, 5.41) is 9.76. The lowest BCUT2D eigenvalue weighted by Gasteiger charge is -2.10. The number of hydrogen-bond acceptors (Lipinski definition) is 5. The molecule has 0 N–H and O–H groups in total. The Bertz CT molecular complexity index is 559. The molecule has 1 unspecified atom stereocenters. The summed E-state index contributed by atoms with van der Waals surface area (Å²) in [6, 6.07) is 0.995. The van der Waals surface area contributed by atoms with Gasteiger partial charge in [-0.1, -0.05) is 0 Å². The Labute approximate surface area is 110 Å². The molecule has 0 saturated heterocycles. The van der Waals surface area contributed by atoms with Crippen molar-refractivity contribution >= 4 is 27.1 Å². The second-order valence-electron chi connectivity index (χ2n) is 3.90. The van der Waals surface area contributed by atoms with E-state index in [1.165, 1.54) is 20.0 Å². The molecule has 1 aromatic rings. The van der Waals surface area contributed by atoms with Crippen LogP contribution in [-0.2, 0) is 9.84 Å². The zero-order valence-corrected chi connectivity index (χ0v) is 11.5. The minimum Gasteiger partial charge on any atom is -0.258 e. The van der Waals surface area contributed by atoms with Crippen LogP contribution in [0.15, 0.2) is 17.3 Å². The van der Waals surface area contributed by atoms with E-state index in [1.54, 1.807) is 0 Å². The van der Waals surface area contributed by atoms with Gasteiger partial charge in [0.25, 0.3) is 5.69 Å². The van der Waals surface area contributed by atoms with Crippen molar-refractivity contribution in [2.45, 2.75) is 30.5 Å². The Morgan fingerprint density at radius 1 is 1.56 bits per heavy atom. The normalized spacial score (nSPS) is 13.3. The molecule has 0 aliphatic heterocycles. The summed E-state index contributed by atoms with van der Waals surface area (Å²) < 4.78 is 24.1. The van der Waals surface area contributed by atoms with E-state index in [4.69, 9.17) is 11.6 Å². The van der Waals surface area contributed by atoms with Crippen LogP contribution in [0.4, 0.5) is 5.69 Å². The number of halogens is 1. The molecule has 1 rings (SSSR count). The fourth-order valence-electron chi connectivity index (χ4n) is 1.36. The topological polar surface area (TPSA) is 90.2 Å². The minimum absolute atomic E-state index is 0.203. The van der Waals surface area contributed by atoms with Gasteiger partial charge in [-0.15, -0.1) is 11.6 Å². The lowest BCUT2D eigenvalue weighted by atomic mass is 10.3. The van der Waals surface area contributed by atoms with Crippen LogP contribution >= 0.6 is 11.6 Å². The molecule has 0 bridgehead atoms. The van der Waals surface area contributed by atoms with Gasteiger partial charge in [-0.2, -0.15) is 0 Å². The maximum absolute atomic E-state index is 12.1. The average molecular weight is 293 g/mol. The molecule has 6 nitrogen and oxygen atoms in total. The highest BCUT2D eigenvalue weighted by Crippen LogP contribution is 2.23. The second kappa shape index (κ2) is 5.62. The predicted octanol–water partition coefficient (Wildman–Crippen LogP) is 2.09. The van der Waals surface area contributed by atoms with E-state index >= 15 is 0 Å². The van der Waals surface area contributed by atoms with Crippen molar-refractivity contribution in [1.82, 2.24) is 4.98 Å². The van der Waals surface area contributed by atoms with Crippen molar-refractivity contribution in [1.29, 1.82) is 0 Å². The quantitative estimate of drug-likeness (QED) is 0.471. The molecular weight excluding hydrogens is 280 g/mol. The molecule has 0 saturated carbocycles.